The molecule has 0 atom stereocenters. The van der Waals surface area contributed by atoms with Crippen LogP contribution in [0.25, 0.3) is 55.2 Å². The SMILES string of the molecule is [2H]C([2H])([2H])c1ccc(-c2[c-]cccc2)nc1.[2H]C([2H])([2H])c1nccc2c1ccc1c3cc[c-]c(-c4ccccn4)c3oc21.[Ir]. The molecule has 38 heavy (non-hydrogen) atoms. The molecular weight excluding hydrogens is 647 g/mol. The zero-order valence-electron chi connectivity index (χ0n) is 25.9. The van der Waals surface area contributed by atoms with Gasteiger partial charge in [-0.05, 0) is 42.8 Å². The molecule has 0 spiro atoms. The number of hydrogen-bond acceptors (Lipinski definition) is 4. The third-order valence-electron chi connectivity index (χ3n) is 6.01. The van der Waals surface area contributed by atoms with Crippen LogP contribution < -0.4 is 0 Å². The van der Waals surface area contributed by atoms with Crippen LogP contribution in [0.5, 0.6) is 0 Å². The Morgan fingerprint density at radius 3 is 2.29 bits per heavy atom. The van der Waals surface area contributed by atoms with Crippen LogP contribution in [0.4, 0.5) is 0 Å². The monoisotopic (exact) mass is 676 g/mol. The van der Waals surface area contributed by atoms with E-state index in [9.17, 15) is 0 Å². The van der Waals surface area contributed by atoms with E-state index in [1.807, 2.05) is 54.6 Å². The normalized spacial score (nSPS) is 13.7. The number of rotatable bonds is 2. The van der Waals surface area contributed by atoms with Crippen LogP contribution in [-0.2, 0) is 20.1 Å². The van der Waals surface area contributed by atoms with Crippen molar-refractivity contribution in [3.05, 3.63) is 127 Å². The Balaban J connectivity index is 0.000000194. The molecule has 0 unspecified atom stereocenters. The first-order chi connectivity index (χ1) is 20.6. The molecule has 7 rings (SSSR count). The first kappa shape index (κ1) is 19.0. The molecule has 0 amide bonds. The Kier molecular flexibility index (Phi) is 5.52. The fourth-order valence-electron chi connectivity index (χ4n) is 4.26. The van der Waals surface area contributed by atoms with E-state index in [4.69, 9.17) is 12.6 Å². The summed E-state index contributed by atoms with van der Waals surface area (Å²) in [6.07, 6.45) is 4.64. The first-order valence-electron chi connectivity index (χ1n) is 14.6. The molecule has 0 N–H and O–H groups in total. The molecule has 0 aliphatic rings. The van der Waals surface area contributed by atoms with Gasteiger partial charge in [0, 0.05) is 68.8 Å². The zero-order valence-corrected chi connectivity index (χ0v) is 22.3. The van der Waals surface area contributed by atoms with Crippen molar-refractivity contribution in [2.24, 2.45) is 0 Å². The molecule has 0 aliphatic carbocycles. The van der Waals surface area contributed by atoms with Crippen LogP contribution in [0.1, 0.15) is 19.5 Å². The van der Waals surface area contributed by atoms with E-state index in [1.54, 1.807) is 36.5 Å². The number of pyridine rings is 3. The number of fused-ring (bicyclic) bond motifs is 5. The van der Waals surface area contributed by atoms with Gasteiger partial charge in [0.1, 0.15) is 5.58 Å². The Morgan fingerprint density at radius 1 is 0.658 bits per heavy atom. The number of aryl methyl sites for hydroxylation is 2. The summed E-state index contributed by atoms with van der Waals surface area (Å²) in [6.45, 7) is -4.38. The van der Waals surface area contributed by atoms with Gasteiger partial charge in [0.05, 0.1) is 5.58 Å². The van der Waals surface area contributed by atoms with Crippen molar-refractivity contribution in [2.45, 2.75) is 13.7 Å². The molecule has 0 saturated heterocycles. The van der Waals surface area contributed by atoms with Crippen LogP contribution in [0.3, 0.4) is 0 Å². The summed E-state index contributed by atoms with van der Waals surface area (Å²) in [5.74, 6) is 0. The van der Waals surface area contributed by atoms with E-state index < -0.39 is 13.7 Å². The quantitative estimate of drug-likeness (QED) is 0.174. The van der Waals surface area contributed by atoms with E-state index in [0.29, 0.717) is 16.6 Å². The molecule has 7 aromatic rings. The fourth-order valence-corrected chi connectivity index (χ4v) is 4.26. The molecule has 0 saturated carbocycles. The van der Waals surface area contributed by atoms with E-state index >= 15 is 0 Å². The molecule has 0 fully saturated rings. The summed E-state index contributed by atoms with van der Waals surface area (Å²) in [7, 11) is 0. The summed E-state index contributed by atoms with van der Waals surface area (Å²) in [6, 6.07) is 32.0. The van der Waals surface area contributed by atoms with E-state index in [0.717, 1.165) is 38.7 Å². The minimum atomic E-state index is -2.29. The predicted octanol–water partition coefficient (Wildman–Crippen LogP) is 8.16. The smallest absolute Gasteiger partial charge is 0.128 e. The van der Waals surface area contributed by atoms with Gasteiger partial charge in [0.15, 0.2) is 0 Å². The number of hydrogen-bond donors (Lipinski definition) is 0. The third kappa shape index (κ3) is 4.86. The van der Waals surface area contributed by atoms with Gasteiger partial charge in [0.2, 0.25) is 0 Å². The summed E-state index contributed by atoms with van der Waals surface area (Å²) in [5, 5.41) is 3.18. The van der Waals surface area contributed by atoms with Crippen molar-refractivity contribution < 1.29 is 32.7 Å². The molecule has 187 valence electrons. The van der Waals surface area contributed by atoms with Crippen LogP contribution in [0.2, 0.25) is 0 Å². The Labute approximate surface area is 243 Å². The minimum absolute atomic E-state index is 0. The van der Waals surface area contributed by atoms with E-state index in [-0.39, 0.29) is 31.4 Å². The van der Waals surface area contributed by atoms with Gasteiger partial charge in [-0.25, -0.2) is 0 Å². The van der Waals surface area contributed by atoms with Crippen LogP contribution in [0.15, 0.2) is 108 Å². The fraction of sp³-hybridized carbons (Fsp3) is 0.0606. The average Bonchev–Trinajstić information content (AvgIpc) is 3.41. The Bertz CT molecular complexity index is 2040. The second-order valence-corrected chi connectivity index (χ2v) is 8.32. The second kappa shape index (κ2) is 11.1. The van der Waals surface area contributed by atoms with Crippen molar-refractivity contribution in [3.8, 4) is 22.5 Å². The second-order valence-electron chi connectivity index (χ2n) is 8.32. The van der Waals surface area contributed by atoms with Gasteiger partial charge >= 0.3 is 0 Å². The molecular formula is C33H23IrN3O-2. The third-order valence-corrected chi connectivity index (χ3v) is 6.01. The van der Waals surface area contributed by atoms with Gasteiger partial charge in [0.25, 0.3) is 0 Å². The van der Waals surface area contributed by atoms with Crippen molar-refractivity contribution >= 4 is 32.7 Å². The van der Waals surface area contributed by atoms with Crippen molar-refractivity contribution in [1.82, 2.24) is 15.0 Å². The Hall–Kier alpha value is -4.18. The molecule has 4 heterocycles. The summed E-state index contributed by atoms with van der Waals surface area (Å²) in [5.41, 5.74) is 4.82. The standard InChI is InChI=1S/C21H13N2O.C12H10N.Ir/c1-13-14-8-9-16-15-5-4-6-18(19-7-2-3-11-23-19)21(15)24-20(16)17(14)10-12-22-13;1-10-7-8-12(13-9-10)11-5-3-2-4-6-11;/h2-5,7-12H,1H3;2-5,7-9H,1H3;/q2*-1;/i2*1D3;. The minimum Gasteiger partial charge on any atom is -0.500 e. The van der Waals surface area contributed by atoms with Gasteiger partial charge in [-0.15, -0.1) is 54.1 Å². The van der Waals surface area contributed by atoms with Gasteiger partial charge < -0.3 is 14.4 Å². The summed E-state index contributed by atoms with van der Waals surface area (Å²) < 4.78 is 51.2. The van der Waals surface area contributed by atoms with E-state index in [1.165, 1.54) is 12.4 Å². The number of benzene rings is 3. The summed E-state index contributed by atoms with van der Waals surface area (Å²) in [4.78, 5) is 12.6. The first-order valence-corrected chi connectivity index (χ1v) is 11.6. The van der Waals surface area contributed by atoms with E-state index in [2.05, 4.69) is 27.1 Å². The number of furan rings is 1. The molecule has 4 aromatic heterocycles. The number of aromatic nitrogens is 3. The maximum atomic E-state index is 7.74. The van der Waals surface area contributed by atoms with Crippen LogP contribution >= 0.6 is 0 Å². The predicted molar refractivity (Wildman–Crippen MR) is 149 cm³/mol. The molecule has 5 heteroatoms. The van der Waals surface area contributed by atoms with Crippen LogP contribution in [0, 0.1) is 25.8 Å². The molecule has 1 radical (unpaired) electrons. The summed E-state index contributed by atoms with van der Waals surface area (Å²) >= 11 is 0. The van der Waals surface area contributed by atoms with Gasteiger partial charge in [-0.2, -0.15) is 0 Å². The molecule has 0 aliphatic heterocycles. The molecule has 0 bridgehead atoms. The number of nitrogens with zero attached hydrogens (tertiary/aromatic N) is 3. The van der Waals surface area contributed by atoms with Gasteiger partial charge in [-0.1, -0.05) is 47.3 Å². The maximum absolute atomic E-state index is 7.74. The van der Waals surface area contributed by atoms with Gasteiger partial charge in [-0.3, -0.25) is 4.98 Å². The zero-order chi connectivity index (χ0) is 30.2. The molecule has 3 aromatic carbocycles. The van der Waals surface area contributed by atoms with Crippen LogP contribution in [-0.4, -0.2) is 15.0 Å². The average molecular weight is 676 g/mol. The molecule has 4 nitrogen and oxygen atoms in total. The largest absolute Gasteiger partial charge is 0.500 e. The topological polar surface area (TPSA) is 51.8 Å². The maximum Gasteiger partial charge on any atom is 0.128 e. The van der Waals surface area contributed by atoms with Crippen molar-refractivity contribution in [2.75, 3.05) is 0 Å². The Morgan fingerprint density at radius 2 is 1.53 bits per heavy atom. The van der Waals surface area contributed by atoms with Crippen molar-refractivity contribution in [3.63, 3.8) is 0 Å². The van der Waals surface area contributed by atoms with Crippen molar-refractivity contribution in [1.29, 1.82) is 0 Å².